The minimum absolute atomic E-state index is 0.0827. The van der Waals surface area contributed by atoms with Gasteiger partial charge in [-0.15, -0.1) is 0 Å². The van der Waals surface area contributed by atoms with Gasteiger partial charge < -0.3 is 14.8 Å². The Balaban J connectivity index is 0.000000554. The highest BCUT2D eigenvalue weighted by Gasteiger charge is 2.17. The second-order valence-corrected chi connectivity index (χ2v) is 7.57. The molecule has 6 nitrogen and oxygen atoms in total. The standard InChI is InChI=1S/C23H27NO3.C4H6N2/c1-6-9-19(13-12-18(5)27-7-2)23(26)24-16(3)14-21-20(15-17(4)25)10-8-11-22(21)24;1-4-5-2-3-6-4/h6,8-14,18,25H,1,4,7,15H2,2-3,5H3;2-3H,1H3,(H,5,6)/b13-12-,19-9+;. The van der Waals surface area contributed by atoms with Gasteiger partial charge in [-0.25, -0.2) is 4.98 Å². The van der Waals surface area contributed by atoms with E-state index in [2.05, 4.69) is 23.1 Å². The average Bonchev–Trinajstić information content (AvgIpc) is 3.37. The molecule has 0 spiro atoms. The fraction of sp³-hybridized carbons (Fsp3) is 0.259. The number of aryl methyl sites for hydroxylation is 2. The van der Waals surface area contributed by atoms with Crippen molar-refractivity contribution in [1.82, 2.24) is 14.5 Å². The van der Waals surface area contributed by atoms with Gasteiger partial charge in [0.05, 0.1) is 17.4 Å². The molecule has 0 aliphatic rings. The van der Waals surface area contributed by atoms with Crippen LogP contribution in [0.1, 0.15) is 35.7 Å². The Morgan fingerprint density at radius 3 is 2.67 bits per heavy atom. The van der Waals surface area contributed by atoms with Gasteiger partial charge >= 0.3 is 0 Å². The summed E-state index contributed by atoms with van der Waals surface area (Å²) in [5, 5.41) is 10.5. The van der Waals surface area contributed by atoms with Crippen molar-refractivity contribution >= 4 is 16.8 Å². The number of nitrogens with zero attached hydrogens (tertiary/aromatic N) is 2. The SMILES string of the molecule is C=C/C=C(\C=C/C(C)OCC)C(=O)n1c(C)cc2c(CC(=C)O)cccc21.Cc1ncc[nH]1. The predicted octanol–water partition coefficient (Wildman–Crippen LogP) is 6.02. The minimum atomic E-state index is -0.137. The van der Waals surface area contributed by atoms with Crippen LogP contribution in [0.15, 0.2) is 85.5 Å². The highest BCUT2D eigenvalue weighted by molar-refractivity contribution is 6.05. The molecule has 0 radical (unpaired) electrons. The molecule has 2 N–H and O–H groups in total. The maximum atomic E-state index is 13.2. The minimum Gasteiger partial charge on any atom is -0.513 e. The molecule has 33 heavy (non-hydrogen) atoms. The Morgan fingerprint density at radius 2 is 2.12 bits per heavy atom. The molecule has 0 bridgehead atoms. The van der Waals surface area contributed by atoms with Crippen molar-refractivity contribution < 1.29 is 14.6 Å². The number of carbonyl (C=O) groups is 1. The van der Waals surface area contributed by atoms with E-state index >= 15 is 0 Å². The van der Waals surface area contributed by atoms with Crippen LogP contribution < -0.4 is 0 Å². The smallest absolute Gasteiger partial charge is 0.262 e. The third kappa shape index (κ3) is 7.19. The lowest BCUT2D eigenvalue weighted by Crippen LogP contribution is -2.14. The molecule has 6 heteroatoms. The molecule has 2 aromatic heterocycles. The predicted molar refractivity (Wildman–Crippen MR) is 135 cm³/mol. The first-order chi connectivity index (χ1) is 15.8. The van der Waals surface area contributed by atoms with Crippen LogP contribution in [0.25, 0.3) is 10.9 Å². The van der Waals surface area contributed by atoms with Crippen molar-refractivity contribution in [1.29, 1.82) is 0 Å². The van der Waals surface area contributed by atoms with Crippen LogP contribution in [0.2, 0.25) is 0 Å². The van der Waals surface area contributed by atoms with Crippen molar-refractivity contribution in [2.24, 2.45) is 0 Å². The Hall–Kier alpha value is -3.64. The lowest BCUT2D eigenvalue weighted by molar-refractivity contribution is 0.0961. The van der Waals surface area contributed by atoms with Gasteiger partial charge in [0.2, 0.25) is 0 Å². The Kier molecular flexibility index (Phi) is 9.63. The third-order valence-corrected chi connectivity index (χ3v) is 4.87. The summed E-state index contributed by atoms with van der Waals surface area (Å²) in [6.07, 6.45) is 10.7. The summed E-state index contributed by atoms with van der Waals surface area (Å²) in [5.74, 6) is 0.927. The van der Waals surface area contributed by atoms with Crippen molar-refractivity contribution in [3.63, 3.8) is 0 Å². The largest absolute Gasteiger partial charge is 0.513 e. The Morgan fingerprint density at radius 1 is 1.36 bits per heavy atom. The maximum absolute atomic E-state index is 13.2. The molecule has 0 amide bonds. The number of H-pyrrole nitrogens is 1. The summed E-state index contributed by atoms with van der Waals surface area (Å²) in [4.78, 5) is 20.0. The Bertz CT molecular complexity index is 1150. The van der Waals surface area contributed by atoms with Crippen LogP contribution >= 0.6 is 0 Å². The van der Waals surface area contributed by atoms with Gasteiger partial charge in [0.1, 0.15) is 5.82 Å². The number of allylic oxidation sites excluding steroid dienone is 5. The number of aromatic amines is 1. The first-order valence-electron chi connectivity index (χ1n) is 10.9. The number of nitrogens with one attached hydrogen (secondary N) is 1. The first kappa shape index (κ1) is 25.6. The fourth-order valence-corrected chi connectivity index (χ4v) is 3.42. The van der Waals surface area contributed by atoms with Crippen molar-refractivity contribution in [3.05, 3.63) is 103 Å². The molecule has 0 saturated heterocycles. The highest BCUT2D eigenvalue weighted by atomic mass is 16.5. The van der Waals surface area contributed by atoms with Gasteiger partial charge in [-0.05, 0) is 45.4 Å². The number of imidazole rings is 1. The summed E-state index contributed by atoms with van der Waals surface area (Å²) in [5.41, 5.74) is 3.09. The number of rotatable bonds is 8. The van der Waals surface area contributed by atoms with Crippen LogP contribution in [0.3, 0.4) is 0 Å². The molecule has 1 aromatic carbocycles. The molecule has 0 aliphatic heterocycles. The number of aliphatic hydroxyl groups excluding tert-OH is 1. The second-order valence-electron chi connectivity index (χ2n) is 7.57. The number of benzene rings is 1. The third-order valence-electron chi connectivity index (χ3n) is 4.87. The molecule has 0 saturated carbocycles. The van der Waals surface area contributed by atoms with Crippen LogP contribution in [0, 0.1) is 13.8 Å². The second kappa shape index (κ2) is 12.4. The van der Waals surface area contributed by atoms with E-state index in [9.17, 15) is 9.90 Å². The van der Waals surface area contributed by atoms with Gasteiger partial charge in [0, 0.05) is 42.1 Å². The van der Waals surface area contributed by atoms with E-state index < -0.39 is 0 Å². The molecule has 3 rings (SSSR count). The number of ether oxygens (including phenoxy) is 1. The van der Waals surface area contributed by atoms with Crippen LogP contribution in [-0.2, 0) is 11.2 Å². The molecule has 3 aromatic rings. The van der Waals surface area contributed by atoms with E-state index in [1.165, 1.54) is 0 Å². The van der Waals surface area contributed by atoms with Gasteiger partial charge in [-0.3, -0.25) is 9.36 Å². The molecule has 2 heterocycles. The molecule has 174 valence electrons. The molecular weight excluding hydrogens is 414 g/mol. The van der Waals surface area contributed by atoms with Gasteiger partial charge in [0.15, 0.2) is 0 Å². The summed E-state index contributed by atoms with van der Waals surface area (Å²) < 4.78 is 7.18. The van der Waals surface area contributed by atoms with Gasteiger partial charge in [-0.2, -0.15) is 0 Å². The number of aliphatic hydroxyl groups is 1. The number of fused-ring (bicyclic) bond motifs is 1. The monoisotopic (exact) mass is 447 g/mol. The lowest BCUT2D eigenvalue weighted by Gasteiger charge is -2.10. The first-order valence-corrected chi connectivity index (χ1v) is 10.9. The van der Waals surface area contributed by atoms with Crippen molar-refractivity contribution in [2.75, 3.05) is 6.61 Å². The quantitative estimate of drug-likeness (QED) is 0.251. The fourth-order valence-electron chi connectivity index (χ4n) is 3.42. The molecular formula is C27H33N3O3. The van der Waals surface area contributed by atoms with Crippen LogP contribution in [0.5, 0.6) is 0 Å². The zero-order chi connectivity index (χ0) is 24.4. The van der Waals surface area contributed by atoms with E-state index in [0.717, 1.165) is 28.0 Å². The van der Waals surface area contributed by atoms with Gasteiger partial charge in [-0.1, -0.05) is 49.6 Å². The normalized spacial score (nSPS) is 12.4. The van der Waals surface area contributed by atoms with Crippen LogP contribution in [-0.4, -0.2) is 38.3 Å². The highest BCUT2D eigenvalue weighted by Crippen LogP contribution is 2.26. The van der Waals surface area contributed by atoms with Crippen LogP contribution in [0.4, 0.5) is 0 Å². The zero-order valence-corrected chi connectivity index (χ0v) is 19.8. The summed E-state index contributed by atoms with van der Waals surface area (Å²) in [6.45, 7) is 15.6. The number of hydrogen-bond acceptors (Lipinski definition) is 4. The number of hydrogen-bond donors (Lipinski definition) is 2. The Labute approximate surface area is 195 Å². The molecule has 0 aliphatic carbocycles. The topological polar surface area (TPSA) is 80.1 Å². The van der Waals surface area contributed by atoms with E-state index in [4.69, 9.17) is 4.74 Å². The molecule has 0 fully saturated rings. The lowest BCUT2D eigenvalue weighted by atomic mass is 10.1. The summed E-state index contributed by atoms with van der Waals surface area (Å²) >= 11 is 0. The zero-order valence-electron chi connectivity index (χ0n) is 19.8. The van der Waals surface area contributed by atoms with Crippen molar-refractivity contribution in [3.8, 4) is 0 Å². The van der Waals surface area contributed by atoms with Gasteiger partial charge in [0.25, 0.3) is 5.91 Å². The number of aromatic nitrogens is 3. The maximum Gasteiger partial charge on any atom is 0.262 e. The van der Waals surface area contributed by atoms with E-state index in [1.807, 2.05) is 58.0 Å². The average molecular weight is 448 g/mol. The summed E-state index contributed by atoms with van der Waals surface area (Å²) in [7, 11) is 0. The molecule has 1 atom stereocenters. The van der Waals surface area contributed by atoms with E-state index in [-0.39, 0.29) is 17.8 Å². The van der Waals surface area contributed by atoms with Crippen molar-refractivity contribution in [2.45, 2.75) is 40.2 Å². The number of carbonyl (C=O) groups excluding carboxylic acids is 1. The van der Waals surface area contributed by atoms with E-state index in [0.29, 0.717) is 18.6 Å². The van der Waals surface area contributed by atoms with E-state index in [1.54, 1.807) is 35.2 Å². The summed E-state index contributed by atoms with van der Waals surface area (Å²) in [6, 6.07) is 7.68. The molecule has 1 unspecified atom stereocenters.